The number of nitrogens with zero attached hydrogens (tertiary/aromatic N) is 1. The van der Waals surface area contributed by atoms with E-state index in [0.29, 0.717) is 6.54 Å². The van der Waals surface area contributed by atoms with Gasteiger partial charge in [-0.05, 0) is 49.6 Å². The Hall–Kier alpha value is -2.08. The first kappa shape index (κ1) is 15.3. The highest BCUT2D eigenvalue weighted by molar-refractivity contribution is 5.96. The summed E-state index contributed by atoms with van der Waals surface area (Å²) in [5.41, 5.74) is 7.43. The molecule has 114 valence electrons. The molecule has 0 unspecified atom stereocenters. The Morgan fingerprint density at radius 3 is 2.81 bits per heavy atom. The van der Waals surface area contributed by atoms with Gasteiger partial charge < -0.3 is 10.5 Å². The number of primary amides is 1. The Morgan fingerprint density at radius 1 is 1.38 bits per heavy atom. The molecule has 0 aliphatic carbocycles. The highest BCUT2D eigenvalue weighted by atomic mass is 16.5. The van der Waals surface area contributed by atoms with Crippen LogP contribution >= 0.6 is 0 Å². The molecule has 0 saturated carbocycles. The molecule has 0 spiro atoms. The maximum Gasteiger partial charge on any atom is 0.318 e. The molecular formula is C15H21N3O3. The number of nitrogens with two attached hydrogens (primary N) is 1. The zero-order chi connectivity index (χ0) is 15.4. The van der Waals surface area contributed by atoms with Crippen molar-refractivity contribution in [2.75, 3.05) is 13.7 Å². The fraction of sp³-hybridized carbons (Fsp3) is 0.467. The van der Waals surface area contributed by atoms with E-state index in [-0.39, 0.29) is 5.91 Å². The molecule has 3 N–H and O–H groups in total. The molecule has 21 heavy (non-hydrogen) atoms. The molecule has 0 fully saturated rings. The van der Waals surface area contributed by atoms with Gasteiger partial charge in [0.2, 0.25) is 5.91 Å². The van der Waals surface area contributed by atoms with E-state index in [1.807, 2.05) is 18.2 Å². The van der Waals surface area contributed by atoms with Crippen molar-refractivity contribution >= 4 is 11.9 Å². The Kier molecular flexibility index (Phi) is 4.80. The standard InChI is InChI=1S/C15H21N3O3/c1-10(14(19)17-15(16)20)18-7-3-4-11-8-13(21-2)6-5-12(11)9-18/h5-6,8,10H,3-4,7,9H2,1-2H3,(H3,16,17,19,20)/t10-/m1/s1. The summed E-state index contributed by atoms with van der Waals surface area (Å²) in [6, 6.07) is 4.80. The van der Waals surface area contributed by atoms with E-state index in [9.17, 15) is 9.59 Å². The van der Waals surface area contributed by atoms with Crippen LogP contribution in [0.5, 0.6) is 5.75 Å². The number of urea groups is 1. The van der Waals surface area contributed by atoms with E-state index in [0.717, 1.165) is 25.1 Å². The van der Waals surface area contributed by atoms with Crippen molar-refractivity contribution in [3.05, 3.63) is 29.3 Å². The van der Waals surface area contributed by atoms with Crippen molar-refractivity contribution < 1.29 is 14.3 Å². The number of carbonyl (C=O) groups excluding carboxylic acids is 2. The molecule has 2 rings (SSSR count). The molecule has 0 radical (unpaired) electrons. The number of fused-ring (bicyclic) bond motifs is 1. The summed E-state index contributed by atoms with van der Waals surface area (Å²) in [5.74, 6) is 0.487. The highest BCUT2D eigenvalue weighted by Crippen LogP contribution is 2.24. The van der Waals surface area contributed by atoms with Gasteiger partial charge in [-0.25, -0.2) is 4.79 Å². The number of ether oxygens (including phenoxy) is 1. The predicted molar refractivity (Wildman–Crippen MR) is 78.9 cm³/mol. The lowest BCUT2D eigenvalue weighted by atomic mass is 10.0. The average Bonchev–Trinajstić information content (AvgIpc) is 2.66. The van der Waals surface area contributed by atoms with Crippen LogP contribution in [0.15, 0.2) is 18.2 Å². The van der Waals surface area contributed by atoms with Crippen LogP contribution in [0.25, 0.3) is 0 Å². The lowest BCUT2D eigenvalue weighted by Crippen LogP contribution is -2.48. The maximum absolute atomic E-state index is 11.9. The molecule has 1 aliphatic rings. The predicted octanol–water partition coefficient (Wildman–Crippen LogP) is 1.03. The van der Waals surface area contributed by atoms with E-state index in [4.69, 9.17) is 10.5 Å². The lowest BCUT2D eigenvalue weighted by Gasteiger charge is -2.26. The molecule has 1 aromatic carbocycles. The Labute approximate surface area is 124 Å². The van der Waals surface area contributed by atoms with Crippen molar-refractivity contribution in [1.82, 2.24) is 10.2 Å². The Balaban J connectivity index is 2.13. The van der Waals surface area contributed by atoms with Crippen LogP contribution in [0.4, 0.5) is 4.79 Å². The smallest absolute Gasteiger partial charge is 0.318 e. The number of methoxy groups -OCH3 is 1. The fourth-order valence-corrected chi connectivity index (χ4v) is 2.61. The summed E-state index contributed by atoms with van der Waals surface area (Å²) >= 11 is 0. The molecule has 1 atom stereocenters. The second kappa shape index (κ2) is 6.58. The monoisotopic (exact) mass is 291 g/mol. The van der Waals surface area contributed by atoms with E-state index in [2.05, 4.69) is 10.2 Å². The van der Waals surface area contributed by atoms with Crippen molar-refractivity contribution in [1.29, 1.82) is 0 Å². The molecule has 0 saturated heterocycles. The second-order valence-electron chi connectivity index (χ2n) is 5.24. The van der Waals surface area contributed by atoms with Crippen molar-refractivity contribution in [3.63, 3.8) is 0 Å². The minimum Gasteiger partial charge on any atom is -0.497 e. The first-order chi connectivity index (χ1) is 10.0. The summed E-state index contributed by atoms with van der Waals surface area (Å²) in [6.07, 6.45) is 1.90. The van der Waals surface area contributed by atoms with Gasteiger partial charge in [-0.3, -0.25) is 15.0 Å². The normalized spacial score (nSPS) is 16.5. The van der Waals surface area contributed by atoms with Crippen LogP contribution in [-0.2, 0) is 17.8 Å². The number of carbonyl (C=O) groups is 2. The quantitative estimate of drug-likeness (QED) is 0.871. The van der Waals surface area contributed by atoms with E-state index in [1.54, 1.807) is 14.0 Å². The van der Waals surface area contributed by atoms with Crippen LogP contribution in [0.3, 0.4) is 0 Å². The number of imide groups is 1. The van der Waals surface area contributed by atoms with Crippen LogP contribution in [-0.4, -0.2) is 36.5 Å². The first-order valence-corrected chi connectivity index (χ1v) is 7.01. The zero-order valence-electron chi connectivity index (χ0n) is 12.4. The van der Waals surface area contributed by atoms with Gasteiger partial charge in [-0.2, -0.15) is 0 Å². The van der Waals surface area contributed by atoms with E-state index in [1.165, 1.54) is 11.1 Å². The van der Waals surface area contributed by atoms with Crippen molar-refractivity contribution in [3.8, 4) is 5.75 Å². The van der Waals surface area contributed by atoms with Crippen molar-refractivity contribution in [2.45, 2.75) is 32.4 Å². The first-order valence-electron chi connectivity index (χ1n) is 7.01. The summed E-state index contributed by atoms with van der Waals surface area (Å²) < 4.78 is 5.25. The van der Waals surface area contributed by atoms with Gasteiger partial charge in [0.1, 0.15) is 5.75 Å². The number of aryl methyl sites for hydroxylation is 1. The minimum atomic E-state index is -0.813. The molecule has 0 aromatic heterocycles. The van der Waals surface area contributed by atoms with E-state index < -0.39 is 12.1 Å². The number of rotatable bonds is 3. The van der Waals surface area contributed by atoms with Gasteiger partial charge in [-0.1, -0.05) is 6.07 Å². The number of hydrogen-bond donors (Lipinski definition) is 2. The summed E-state index contributed by atoms with van der Waals surface area (Å²) in [4.78, 5) is 24.7. The number of amides is 3. The van der Waals surface area contributed by atoms with Crippen LogP contribution < -0.4 is 15.8 Å². The average molecular weight is 291 g/mol. The number of hydrogen-bond acceptors (Lipinski definition) is 4. The van der Waals surface area contributed by atoms with Gasteiger partial charge in [0, 0.05) is 6.54 Å². The second-order valence-corrected chi connectivity index (χ2v) is 5.24. The molecule has 3 amide bonds. The summed E-state index contributed by atoms with van der Waals surface area (Å²) in [5, 5.41) is 2.14. The van der Waals surface area contributed by atoms with Crippen LogP contribution in [0, 0.1) is 0 Å². The van der Waals surface area contributed by atoms with E-state index >= 15 is 0 Å². The molecule has 0 bridgehead atoms. The number of benzene rings is 1. The highest BCUT2D eigenvalue weighted by Gasteiger charge is 2.24. The molecule has 1 aliphatic heterocycles. The molecule has 1 aromatic rings. The third-order valence-electron chi connectivity index (χ3n) is 3.85. The maximum atomic E-state index is 11.9. The van der Waals surface area contributed by atoms with Gasteiger partial charge in [0.15, 0.2) is 0 Å². The van der Waals surface area contributed by atoms with Crippen molar-refractivity contribution in [2.24, 2.45) is 5.73 Å². The van der Waals surface area contributed by atoms with Gasteiger partial charge in [-0.15, -0.1) is 0 Å². The van der Waals surface area contributed by atoms with Crippen LogP contribution in [0.2, 0.25) is 0 Å². The third-order valence-corrected chi connectivity index (χ3v) is 3.85. The lowest BCUT2D eigenvalue weighted by molar-refractivity contribution is -0.124. The third kappa shape index (κ3) is 3.72. The molecule has 6 nitrogen and oxygen atoms in total. The fourth-order valence-electron chi connectivity index (χ4n) is 2.61. The topological polar surface area (TPSA) is 84.7 Å². The SMILES string of the molecule is COc1ccc2c(c1)CCCN([C@H](C)C(=O)NC(N)=O)C2. The van der Waals surface area contributed by atoms with Gasteiger partial charge in [0.05, 0.1) is 13.2 Å². The zero-order valence-corrected chi connectivity index (χ0v) is 12.4. The van der Waals surface area contributed by atoms with Gasteiger partial charge >= 0.3 is 6.03 Å². The minimum absolute atomic E-state index is 0.362. The molecular weight excluding hydrogens is 270 g/mol. The largest absolute Gasteiger partial charge is 0.497 e. The van der Waals surface area contributed by atoms with Crippen LogP contribution in [0.1, 0.15) is 24.5 Å². The van der Waals surface area contributed by atoms with Gasteiger partial charge in [0.25, 0.3) is 0 Å². The number of nitrogens with one attached hydrogen (secondary N) is 1. The summed E-state index contributed by atoms with van der Waals surface area (Å²) in [7, 11) is 1.65. The Bertz CT molecular complexity index is 545. The summed E-state index contributed by atoms with van der Waals surface area (Å²) in [6.45, 7) is 3.25. The molecule has 6 heteroatoms. The molecule has 1 heterocycles. The Morgan fingerprint density at radius 2 is 2.14 bits per heavy atom.